The summed E-state index contributed by atoms with van der Waals surface area (Å²) in [7, 11) is 0. The smallest absolute Gasteiger partial charge is 0.244 e. The molecule has 1 aliphatic rings. The van der Waals surface area contributed by atoms with Crippen molar-refractivity contribution in [2.45, 2.75) is 32.9 Å². The van der Waals surface area contributed by atoms with Crippen molar-refractivity contribution < 1.29 is 9.90 Å². The zero-order valence-electron chi connectivity index (χ0n) is 9.68. The van der Waals surface area contributed by atoms with Crippen LogP contribution in [0.3, 0.4) is 0 Å². The second-order valence-electron chi connectivity index (χ2n) is 4.37. The third kappa shape index (κ3) is 2.24. The Labute approximate surface area is 94.7 Å². The maximum absolute atomic E-state index is 11.9. The maximum atomic E-state index is 11.9. The molecule has 1 fully saturated rings. The maximum Gasteiger partial charge on any atom is 0.244 e. The van der Waals surface area contributed by atoms with Gasteiger partial charge in [-0.15, -0.1) is 0 Å². The standard InChI is InChI=1S/C11H17N3O2/c1-8-5-9(2)14(12-8)7-11(16)13-4-3-10(15)6-13/h5,10,15H,3-4,6-7H2,1-2H3. The Balaban J connectivity index is 1.99. The van der Waals surface area contributed by atoms with Crippen molar-refractivity contribution in [3.63, 3.8) is 0 Å². The Morgan fingerprint density at radius 3 is 2.88 bits per heavy atom. The molecule has 0 radical (unpaired) electrons. The number of hydrogen-bond acceptors (Lipinski definition) is 3. The predicted molar refractivity (Wildman–Crippen MR) is 58.9 cm³/mol. The molecule has 5 heteroatoms. The van der Waals surface area contributed by atoms with E-state index in [0.29, 0.717) is 19.5 Å². The molecule has 0 aliphatic carbocycles. The van der Waals surface area contributed by atoms with Gasteiger partial charge in [0, 0.05) is 18.8 Å². The first-order valence-corrected chi connectivity index (χ1v) is 5.53. The molecule has 1 N–H and O–H groups in total. The number of nitrogens with zero attached hydrogens (tertiary/aromatic N) is 3. The lowest BCUT2D eigenvalue weighted by molar-refractivity contribution is -0.131. The van der Waals surface area contributed by atoms with Crippen molar-refractivity contribution in [1.82, 2.24) is 14.7 Å². The first kappa shape index (κ1) is 11.1. The van der Waals surface area contributed by atoms with Crippen LogP contribution in [0.4, 0.5) is 0 Å². The van der Waals surface area contributed by atoms with Gasteiger partial charge in [-0.1, -0.05) is 0 Å². The lowest BCUT2D eigenvalue weighted by Crippen LogP contribution is -2.33. The normalized spacial score (nSPS) is 20.4. The van der Waals surface area contributed by atoms with Gasteiger partial charge in [0.05, 0.1) is 11.8 Å². The van der Waals surface area contributed by atoms with E-state index in [1.54, 1.807) is 9.58 Å². The van der Waals surface area contributed by atoms with Crippen LogP contribution >= 0.6 is 0 Å². The van der Waals surface area contributed by atoms with E-state index < -0.39 is 0 Å². The minimum Gasteiger partial charge on any atom is -0.391 e. The monoisotopic (exact) mass is 223 g/mol. The topological polar surface area (TPSA) is 58.4 Å². The minimum absolute atomic E-state index is 0.0303. The van der Waals surface area contributed by atoms with E-state index in [4.69, 9.17) is 0 Å². The highest BCUT2D eigenvalue weighted by Crippen LogP contribution is 2.10. The van der Waals surface area contributed by atoms with Gasteiger partial charge >= 0.3 is 0 Å². The highest BCUT2D eigenvalue weighted by atomic mass is 16.3. The summed E-state index contributed by atoms with van der Waals surface area (Å²) in [6.07, 6.45) is 0.326. The largest absolute Gasteiger partial charge is 0.391 e. The van der Waals surface area contributed by atoms with Gasteiger partial charge in [0.15, 0.2) is 0 Å². The molecular formula is C11H17N3O2. The predicted octanol–water partition coefficient (Wildman–Crippen LogP) is 0.0931. The molecule has 2 rings (SSSR count). The summed E-state index contributed by atoms with van der Waals surface area (Å²) in [5.74, 6) is 0.0303. The van der Waals surface area contributed by atoms with Gasteiger partial charge in [-0.25, -0.2) is 0 Å². The fraction of sp³-hybridized carbons (Fsp3) is 0.636. The van der Waals surface area contributed by atoms with E-state index in [-0.39, 0.29) is 18.6 Å². The number of aryl methyl sites for hydroxylation is 2. The molecule has 1 unspecified atom stereocenters. The summed E-state index contributed by atoms with van der Waals surface area (Å²) in [4.78, 5) is 13.6. The first-order valence-electron chi connectivity index (χ1n) is 5.53. The number of amides is 1. The summed E-state index contributed by atoms with van der Waals surface area (Å²) >= 11 is 0. The van der Waals surface area contributed by atoms with Crippen LogP contribution in [-0.2, 0) is 11.3 Å². The van der Waals surface area contributed by atoms with Crippen molar-refractivity contribution in [1.29, 1.82) is 0 Å². The van der Waals surface area contributed by atoms with Gasteiger partial charge in [-0.3, -0.25) is 9.48 Å². The quantitative estimate of drug-likeness (QED) is 0.773. The van der Waals surface area contributed by atoms with Crippen LogP contribution in [0.1, 0.15) is 17.8 Å². The van der Waals surface area contributed by atoms with E-state index in [1.807, 2.05) is 19.9 Å². The van der Waals surface area contributed by atoms with Crippen LogP contribution in [0.5, 0.6) is 0 Å². The van der Waals surface area contributed by atoms with Gasteiger partial charge in [-0.2, -0.15) is 5.10 Å². The number of β-amino-alcohol motifs (C(OH)–C–C–N with tert-alkyl or cyclic N) is 1. The zero-order chi connectivity index (χ0) is 11.7. The molecule has 5 nitrogen and oxygen atoms in total. The van der Waals surface area contributed by atoms with Crippen LogP contribution in [0.15, 0.2) is 6.07 Å². The van der Waals surface area contributed by atoms with E-state index in [1.165, 1.54) is 0 Å². The number of aliphatic hydroxyl groups excluding tert-OH is 1. The second-order valence-corrected chi connectivity index (χ2v) is 4.37. The fourth-order valence-electron chi connectivity index (χ4n) is 2.03. The number of rotatable bonds is 2. The van der Waals surface area contributed by atoms with E-state index in [0.717, 1.165) is 11.4 Å². The van der Waals surface area contributed by atoms with Gasteiger partial charge in [0.25, 0.3) is 0 Å². The lowest BCUT2D eigenvalue weighted by Gasteiger charge is -2.15. The molecule has 88 valence electrons. The molecule has 0 saturated carbocycles. The number of carbonyl (C=O) groups is 1. The molecule has 1 aliphatic heterocycles. The first-order chi connectivity index (χ1) is 7.56. The SMILES string of the molecule is Cc1cc(C)n(CC(=O)N2CCC(O)C2)n1. The van der Waals surface area contributed by atoms with Crippen LogP contribution in [0, 0.1) is 13.8 Å². The molecule has 1 atom stereocenters. The molecule has 1 amide bonds. The van der Waals surface area contributed by atoms with E-state index >= 15 is 0 Å². The summed E-state index contributed by atoms with van der Waals surface area (Å²) in [5.41, 5.74) is 1.91. The molecule has 0 aromatic carbocycles. The molecule has 1 aromatic rings. The Morgan fingerprint density at radius 2 is 2.38 bits per heavy atom. The molecule has 0 spiro atoms. The molecule has 0 bridgehead atoms. The Hall–Kier alpha value is -1.36. The average molecular weight is 223 g/mol. The molecule has 1 aromatic heterocycles. The van der Waals surface area contributed by atoms with E-state index in [2.05, 4.69) is 5.10 Å². The molecule has 2 heterocycles. The highest BCUT2D eigenvalue weighted by molar-refractivity contribution is 5.76. The lowest BCUT2D eigenvalue weighted by atomic mass is 10.3. The third-order valence-electron chi connectivity index (χ3n) is 2.90. The van der Waals surface area contributed by atoms with Crippen LogP contribution in [-0.4, -0.2) is 44.9 Å². The van der Waals surface area contributed by atoms with Crippen molar-refractivity contribution >= 4 is 5.91 Å². The highest BCUT2D eigenvalue weighted by Gasteiger charge is 2.24. The van der Waals surface area contributed by atoms with Crippen molar-refractivity contribution in [3.8, 4) is 0 Å². The summed E-state index contributed by atoms with van der Waals surface area (Å²) < 4.78 is 1.71. The van der Waals surface area contributed by atoms with Crippen LogP contribution in [0.25, 0.3) is 0 Å². The summed E-state index contributed by atoms with van der Waals surface area (Å²) in [5, 5.41) is 13.6. The third-order valence-corrected chi connectivity index (χ3v) is 2.90. The number of carbonyl (C=O) groups excluding carboxylic acids is 1. The Kier molecular flexibility index (Phi) is 2.96. The van der Waals surface area contributed by atoms with Gasteiger partial charge in [-0.05, 0) is 26.3 Å². The van der Waals surface area contributed by atoms with Crippen LogP contribution < -0.4 is 0 Å². The molecule has 16 heavy (non-hydrogen) atoms. The molecule has 1 saturated heterocycles. The Bertz CT molecular complexity index is 400. The minimum atomic E-state index is -0.357. The Morgan fingerprint density at radius 1 is 1.62 bits per heavy atom. The van der Waals surface area contributed by atoms with Gasteiger partial charge in [0.2, 0.25) is 5.91 Å². The van der Waals surface area contributed by atoms with Crippen molar-refractivity contribution in [2.24, 2.45) is 0 Å². The van der Waals surface area contributed by atoms with Crippen molar-refractivity contribution in [2.75, 3.05) is 13.1 Å². The summed E-state index contributed by atoms with van der Waals surface area (Å²) in [6, 6.07) is 1.95. The zero-order valence-corrected chi connectivity index (χ0v) is 9.68. The second kappa shape index (κ2) is 4.25. The van der Waals surface area contributed by atoms with Crippen molar-refractivity contribution in [3.05, 3.63) is 17.5 Å². The fourth-order valence-corrected chi connectivity index (χ4v) is 2.03. The summed E-state index contributed by atoms with van der Waals surface area (Å²) in [6.45, 7) is 5.23. The number of aliphatic hydroxyl groups is 1. The van der Waals surface area contributed by atoms with Gasteiger partial charge in [0.1, 0.15) is 6.54 Å². The number of aromatic nitrogens is 2. The van der Waals surface area contributed by atoms with Crippen LogP contribution in [0.2, 0.25) is 0 Å². The average Bonchev–Trinajstić information content (AvgIpc) is 2.74. The van der Waals surface area contributed by atoms with Gasteiger partial charge < -0.3 is 10.0 Å². The molecular weight excluding hydrogens is 206 g/mol. The number of hydrogen-bond donors (Lipinski definition) is 1. The number of likely N-dealkylation sites (tertiary alicyclic amines) is 1. The van der Waals surface area contributed by atoms with E-state index in [9.17, 15) is 9.90 Å².